The smallest absolute Gasteiger partial charge is 0.145 e. The molecule has 0 spiro atoms. The molecular weight excluding hydrogens is 255 g/mol. The van der Waals surface area contributed by atoms with E-state index < -0.39 is 5.82 Å². The van der Waals surface area contributed by atoms with Gasteiger partial charge >= 0.3 is 0 Å². The molecule has 1 N–H and O–H groups in total. The third kappa shape index (κ3) is 3.11. The van der Waals surface area contributed by atoms with Crippen molar-refractivity contribution < 1.29 is 9.13 Å². The minimum atomic E-state index is -0.505. The van der Waals surface area contributed by atoms with Gasteiger partial charge in [-0.1, -0.05) is 11.6 Å². The van der Waals surface area contributed by atoms with Crippen LogP contribution in [0.15, 0.2) is 36.5 Å². The average Bonchev–Trinajstić information content (AvgIpc) is 2.35. The van der Waals surface area contributed by atoms with Crippen LogP contribution in [0.4, 0.5) is 10.2 Å². The van der Waals surface area contributed by atoms with Crippen molar-refractivity contribution in [3.63, 3.8) is 0 Å². The molecule has 1 aromatic heterocycles. The van der Waals surface area contributed by atoms with Gasteiger partial charge in [-0.2, -0.15) is 0 Å². The van der Waals surface area contributed by atoms with E-state index in [9.17, 15) is 4.39 Å². The second kappa shape index (κ2) is 5.69. The van der Waals surface area contributed by atoms with Gasteiger partial charge in [0.1, 0.15) is 23.1 Å². The summed E-state index contributed by atoms with van der Waals surface area (Å²) >= 11 is 5.60. The number of aromatic nitrogens is 1. The first-order valence-corrected chi connectivity index (χ1v) is 5.89. The zero-order valence-electron chi connectivity index (χ0n) is 9.78. The minimum absolute atomic E-state index is 0.0745. The molecule has 0 amide bonds. The van der Waals surface area contributed by atoms with Crippen LogP contribution in [0, 0.1) is 5.82 Å². The summed E-state index contributed by atoms with van der Waals surface area (Å²) in [6.07, 6.45) is 1.62. The van der Waals surface area contributed by atoms with Crippen LogP contribution in [0.3, 0.4) is 0 Å². The summed E-state index contributed by atoms with van der Waals surface area (Å²) in [6, 6.07) is 7.76. The second-order valence-corrected chi connectivity index (χ2v) is 3.99. The first kappa shape index (κ1) is 12.6. The highest BCUT2D eigenvalue weighted by atomic mass is 35.5. The minimum Gasteiger partial charge on any atom is -0.457 e. The molecule has 0 fully saturated rings. The Labute approximate surface area is 110 Å². The molecule has 0 saturated heterocycles. The summed E-state index contributed by atoms with van der Waals surface area (Å²) in [5.41, 5.74) is 0. The monoisotopic (exact) mass is 266 g/mol. The Balaban J connectivity index is 2.17. The third-order valence-electron chi connectivity index (χ3n) is 2.22. The highest BCUT2D eigenvalue weighted by Gasteiger charge is 2.04. The van der Waals surface area contributed by atoms with Gasteiger partial charge in [-0.05, 0) is 25.1 Å². The van der Waals surface area contributed by atoms with Gasteiger partial charge in [-0.25, -0.2) is 9.37 Å². The van der Waals surface area contributed by atoms with Crippen LogP contribution in [-0.4, -0.2) is 11.5 Å². The highest BCUT2D eigenvalue weighted by molar-refractivity contribution is 6.30. The molecule has 0 aliphatic carbocycles. The Kier molecular flexibility index (Phi) is 3.99. The van der Waals surface area contributed by atoms with E-state index in [-0.39, 0.29) is 5.02 Å². The number of halogens is 2. The van der Waals surface area contributed by atoms with Crippen molar-refractivity contribution in [2.75, 3.05) is 11.9 Å². The van der Waals surface area contributed by atoms with Crippen molar-refractivity contribution >= 4 is 17.4 Å². The molecule has 2 rings (SSSR count). The van der Waals surface area contributed by atoms with Crippen LogP contribution < -0.4 is 10.1 Å². The molecule has 94 valence electrons. The molecule has 1 heterocycles. The van der Waals surface area contributed by atoms with Gasteiger partial charge in [-0.15, -0.1) is 0 Å². The van der Waals surface area contributed by atoms with Crippen LogP contribution in [0.1, 0.15) is 6.92 Å². The van der Waals surface area contributed by atoms with E-state index in [0.29, 0.717) is 17.3 Å². The maximum atomic E-state index is 13.2. The summed E-state index contributed by atoms with van der Waals surface area (Å²) in [6.45, 7) is 2.75. The fraction of sp³-hybridized carbons (Fsp3) is 0.154. The molecular formula is C13H12ClFN2O. The first-order valence-electron chi connectivity index (χ1n) is 5.52. The largest absolute Gasteiger partial charge is 0.457 e. The lowest BCUT2D eigenvalue weighted by Gasteiger charge is -2.08. The molecule has 2 aromatic rings. The van der Waals surface area contributed by atoms with E-state index in [1.54, 1.807) is 24.4 Å². The number of rotatable bonds is 4. The molecule has 0 aliphatic heterocycles. The Hall–Kier alpha value is -1.81. The molecule has 0 radical (unpaired) electrons. The van der Waals surface area contributed by atoms with E-state index in [0.717, 1.165) is 6.54 Å². The van der Waals surface area contributed by atoms with E-state index in [4.69, 9.17) is 16.3 Å². The van der Waals surface area contributed by atoms with E-state index >= 15 is 0 Å². The molecule has 1 aromatic carbocycles. The number of benzene rings is 1. The van der Waals surface area contributed by atoms with Gasteiger partial charge in [0.2, 0.25) is 0 Å². The van der Waals surface area contributed by atoms with Gasteiger partial charge in [-0.3, -0.25) is 0 Å². The van der Waals surface area contributed by atoms with E-state index in [1.807, 2.05) is 6.92 Å². The number of ether oxygens (including phenoxy) is 1. The summed E-state index contributed by atoms with van der Waals surface area (Å²) < 4.78 is 18.8. The van der Waals surface area contributed by atoms with Crippen LogP contribution in [0.2, 0.25) is 5.02 Å². The van der Waals surface area contributed by atoms with E-state index in [2.05, 4.69) is 10.3 Å². The normalized spacial score (nSPS) is 10.2. The van der Waals surface area contributed by atoms with Crippen LogP contribution in [-0.2, 0) is 0 Å². The number of pyridine rings is 1. The van der Waals surface area contributed by atoms with Crippen molar-refractivity contribution in [1.29, 1.82) is 0 Å². The molecule has 5 heteroatoms. The van der Waals surface area contributed by atoms with Gasteiger partial charge in [0.15, 0.2) is 0 Å². The molecule has 0 aliphatic rings. The highest BCUT2D eigenvalue weighted by Crippen LogP contribution is 2.26. The molecule has 0 atom stereocenters. The summed E-state index contributed by atoms with van der Waals surface area (Å²) in [5, 5.41) is 3.14. The lowest BCUT2D eigenvalue weighted by molar-refractivity contribution is 0.476. The Morgan fingerprint density at radius 2 is 2.06 bits per heavy atom. The van der Waals surface area contributed by atoms with Crippen LogP contribution >= 0.6 is 11.6 Å². The number of nitrogens with one attached hydrogen (secondary N) is 1. The summed E-state index contributed by atoms with van der Waals surface area (Å²) in [5.74, 6) is 1.19. The lowest BCUT2D eigenvalue weighted by Crippen LogP contribution is -1.98. The number of anilines is 1. The van der Waals surface area contributed by atoms with Gasteiger partial charge < -0.3 is 10.1 Å². The fourth-order valence-electron chi connectivity index (χ4n) is 1.43. The quantitative estimate of drug-likeness (QED) is 0.905. The maximum absolute atomic E-state index is 13.2. The Morgan fingerprint density at radius 1 is 1.28 bits per heavy atom. The van der Waals surface area contributed by atoms with Crippen molar-refractivity contribution in [3.05, 3.63) is 47.4 Å². The topological polar surface area (TPSA) is 34.1 Å². The SMILES string of the molecule is CCNc1cc(Oc2ccc(Cl)c(F)c2)ccn1. The number of hydrogen-bond acceptors (Lipinski definition) is 3. The van der Waals surface area contributed by atoms with Crippen molar-refractivity contribution in [2.24, 2.45) is 0 Å². The molecule has 0 saturated carbocycles. The lowest BCUT2D eigenvalue weighted by atomic mass is 10.3. The third-order valence-corrected chi connectivity index (χ3v) is 2.52. The Bertz CT molecular complexity index is 548. The standard InChI is InChI=1S/C13H12ClFN2O/c1-2-16-13-8-10(5-6-17-13)18-9-3-4-11(14)12(15)7-9/h3-8H,2H2,1H3,(H,16,17). The van der Waals surface area contributed by atoms with Gasteiger partial charge in [0.05, 0.1) is 5.02 Å². The predicted molar refractivity (Wildman–Crippen MR) is 69.9 cm³/mol. The van der Waals surface area contributed by atoms with Crippen molar-refractivity contribution in [2.45, 2.75) is 6.92 Å². The predicted octanol–water partition coefficient (Wildman–Crippen LogP) is 4.10. The summed E-state index contributed by atoms with van der Waals surface area (Å²) in [4.78, 5) is 4.12. The van der Waals surface area contributed by atoms with Gasteiger partial charge in [0.25, 0.3) is 0 Å². The second-order valence-electron chi connectivity index (χ2n) is 3.59. The van der Waals surface area contributed by atoms with Gasteiger partial charge in [0, 0.05) is 24.9 Å². The van der Waals surface area contributed by atoms with E-state index in [1.165, 1.54) is 12.1 Å². The number of nitrogens with zero attached hydrogens (tertiary/aromatic N) is 1. The van der Waals surface area contributed by atoms with Crippen LogP contribution in [0.25, 0.3) is 0 Å². The molecule has 3 nitrogen and oxygen atoms in total. The molecule has 0 unspecified atom stereocenters. The average molecular weight is 267 g/mol. The molecule has 0 bridgehead atoms. The zero-order valence-corrected chi connectivity index (χ0v) is 10.5. The van der Waals surface area contributed by atoms with Crippen LogP contribution in [0.5, 0.6) is 11.5 Å². The maximum Gasteiger partial charge on any atom is 0.145 e. The fourth-order valence-corrected chi connectivity index (χ4v) is 1.55. The van der Waals surface area contributed by atoms with Crippen molar-refractivity contribution in [3.8, 4) is 11.5 Å². The summed E-state index contributed by atoms with van der Waals surface area (Å²) in [7, 11) is 0. The van der Waals surface area contributed by atoms with Crippen molar-refractivity contribution in [1.82, 2.24) is 4.98 Å². The zero-order chi connectivity index (χ0) is 13.0. The molecule has 18 heavy (non-hydrogen) atoms. The Morgan fingerprint density at radius 3 is 2.78 bits per heavy atom. The number of hydrogen-bond donors (Lipinski definition) is 1. The first-order chi connectivity index (χ1) is 8.69.